The molecule has 0 aliphatic carbocycles. The Morgan fingerprint density at radius 1 is 1.44 bits per heavy atom. The second kappa shape index (κ2) is 6.57. The van der Waals surface area contributed by atoms with Crippen molar-refractivity contribution < 1.29 is 9.18 Å². The van der Waals surface area contributed by atoms with E-state index in [1.54, 1.807) is 23.9 Å². The third-order valence-electron chi connectivity index (χ3n) is 2.12. The molecule has 0 aromatic heterocycles. The number of halogens is 2. The van der Waals surface area contributed by atoms with Gasteiger partial charge in [0.1, 0.15) is 5.82 Å². The summed E-state index contributed by atoms with van der Waals surface area (Å²) < 4.78 is 14.3. The lowest BCUT2D eigenvalue weighted by molar-refractivity contribution is -0.118. The Morgan fingerprint density at radius 3 is 2.72 bits per heavy atom. The van der Waals surface area contributed by atoms with Crippen LogP contribution in [0.4, 0.5) is 4.39 Å². The van der Waals surface area contributed by atoms with Crippen molar-refractivity contribution >= 4 is 33.6 Å². The number of amides is 1. The number of hydrogen-bond acceptors (Lipinski definition) is 2. The third kappa shape index (κ3) is 5.87. The standard InChI is InChI=1S/C13H17BrFNOS/c1-13(2,3)18-8-12(17)16-7-9-6-10(14)4-5-11(9)15/h4-6H,7-8H2,1-3H3,(H,16,17). The van der Waals surface area contributed by atoms with Crippen molar-refractivity contribution in [2.45, 2.75) is 32.1 Å². The van der Waals surface area contributed by atoms with Gasteiger partial charge in [0, 0.05) is 21.3 Å². The molecular formula is C13H17BrFNOS. The largest absolute Gasteiger partial charge is 0.351 e. The highest BCUT2D eigenvalue weighted by Crippen LogP contribution is 2.22. The van der Waals surface area contributed by atoms with Crippen molar-refractivity contribution in [3.05, 3.63) is 34.1 Å². The Morgan fingerprint density at radius 2 is 2.11 bits per heavy atom. The Hall–Kier alpha value is -0.550. The van der Waals surface area contributed by atoms with Crippen LogP contribution in [-0.2, 0) is 11.3 Å². The van der Waals surface area contributed by atoms with Crippen molar-refractivity contribution in [1.82, 2.24) is 5.32 Å². The number of thioether (sulfide) groups is 1. The van der Waals surface area contributed by atoms with Gasteiger partial charge in [0.25, 0.3) is 0 Å². The lowest BCUT2D eigenvalue weighted by atomic mass is 10.2. The van der Waals surface area contributed by atoms with E-state index < -0.39 is 0 Å². The van der Waals surface area contributed by atoms with Gasteiger partial charge in [-0.25, -0.2) is 4.39 Å². The van der Waals surface area contributed by atoms with Crippen LogP contribution in [0.1, 0.15) is 26.3 Å². The fraction of sp³-hybridized carbons (Fsp3) is 0.462. The Balaban J connectivity index is 2.45. The van der Waals surface area contributed by atoms with Crippen molar-refractivity contribution in [3.63, 3.8) is 0 Å². The first-order valence-corrected chi connectivity index (χ1v) is 7.40. The summed E-state index contributed by atoms with van der Waals surface area (Å²) >= 11 is 4.85. The van der Waals surface area contributed by atoms with Gasteiger partial charge in [0.2, 0.25) is 5.91 Å². The molecule has 0 atom stereocenters. The number of benzene rings is 1. The zero-order chi connectivity index (χ0) is 13.8. The molecular weight excluding hydrogens is 317 g/mol. The highest BCUT2D eigenvalue weighted by Gasteiger charge is 2.13. The van der Waals surface area contributed by atoms with E-state index in [-0.39, 0.29) is 23.0 Å². The molecule has 0 spiro atoms. The predicted molar refractivity (Wildman–Crippen MR) is 78.2 cm³/mol. The normalized spacial score (nSPS) is 11.4. The van der Waals surface area contributed by atoms with Gasteiger partial charge in [-0.05, 0) is 18.2 Å². The zero-order valence-corrected chi connectivity index (χ0v) is 13.1. The average Bonchev–Trinajstić information content (AvgIpc) is 2.26. The number of nitrogens with one attached hydrogen (secondary N) is 1. The van der Waals surface area contributed by atoms with E-state index in [0.29, 0.717) is 11.3 Å². The van der Waals surface area contributed by atoms with Crippen LogP contribution >= 0.6 is 27.7 Å². The SMILES string of the molecule is CC(C)(C)SCC(=O)NCc1cc(Br)ccc1F. The predicted octanol–water partition coefficient (Wildman–Crippen LogP) is 3.74. The van der Waals surface area contributed by atoms with E-state index in [1.807, 2.05) is 0 Å². The van der Waals surface area contributed by atoms with Crippen LogP contribution < -0.4 is 5.32 Å². The van der Waals surface area contributed by atoms with Gasteiger partial charge in [-0.3, -0.25) is 4.79 Å². The molecule has 0 saturated heterocycles. The number of hydrogen-bond donors (Lipinski definition) is 1. The smallest absolute Gasteiger partial charge is 0.230 e. The minimum Gasteiger partial charge on any atom is -0.351 e. The van der Waals surface area contributed by atoms with Crippen molar-refractivity contribution in [3.8, 4) is 0 Å². The molecule has 0 unspecified atom stereocenters. The van der Waals surface area contributed by atoms with Crippen LogP contribution in [0.25, 0.3) is 0 Å². The average molecular weight is 334 g/mol. The maximum absolute atomic E-state index is 13.4. The number of rotatable bonds is 4. The minimum absolute atomic E-state index is 0.0539. The van der Waals surface area contributed by atoms with E-state index in [9.17, 15) is 9.18 Å². The molecule has 1 aromatic rings. The van der Waals surface area contributed by atoms with E-state index in [1.165, 1.54) is 6.07 Å². The van der Waals surface area contributed by atoms with E-state index in [0.717, 1.165) is 4.47 Å². The van der Waals surface area contributed by atoms with Gasteiger partial charge in [-0.1, -0.05) is 36.7 Å². The van der Waals surface area contributed by atoms with E-state index in [2.05, 4.69) is 42.0 Å². The first-order chi connectivity index (χ1) is 8.28. The van der Waals surface area contributed by atoms with Gasteiger partial charge in [-0.2, -0.15) is 0 Å². The van der Waals surface area contributed by atoms with Gasteiger partial charge in [-0.15, -0.1) is 11.8 Å². The Bertz CT molecular complexity index is 431. The summed E-state index contributed by atoms with van der Waals surface area (Å²) in [4.78, 5) is 11.6. The molecule has 2 nitrogen and oxygen atoms in total. The molecule has 0 bridgehead atoms. The lowest BCUT2D eigenvalue weighted by Gasteiger charge is -2.17. The first-order valence-electron chi connectivity index (χ1n) is 5.62. The van der Waals surface area contributed by atoms with Gasteiger partial charge in [0.15, 0.2) is 0 Å². The number of carbonyl (C=O) groups is 1. The molecule has 0 heterocycles. The summed E-state index contributed by atoms with van der Waals surface area (Å²) in [6.45, 7) is 6.38. The molecule has 0 aliphatic rings. The summed E-state index contributed by atoms with van der Waals surface area (Å²) in [7, 11) is 0. The molecule has 1 rings (SSSR count). The topological polar surface area (TPSA) is 29.1 Å². The molecule has 18 heavy (non-hydrogen) atoms. The highest BCUT2D eigenvalue weighted by atomic mass is 79.9. The van der Waals surface area contributed by atoms with Crippen molar-refractivity contribution in [2.24, 2.45) is 0 Å². The second-order valence-corrected chi connectivity index (χ2v) is 7.63. The molecule has 1 amide bonds. The molecule has 0 saturated carbocycles. The summed E-state index contributed by atoms with van der Waals surface area (Å²) in [5.41, 5.74) is 0.485. The molecule has 1 N–H and O–H groups in total. The van der Waals surface area contributed by atoms with Crippen LogP contribution in [0.15, 0.2) is 22.7 Å². The van der Waals surface area contributed by atoms with Crippen LogP contribution in [0.2, 0.25) is 0 Å². The summed E-state index contributed by atoms with van der Waals surface area (Å²) in [5.74, 6) is 0.00957. The van der Waals surface area contributed by atoms with E-state index in [4.69, 9.17) is 0 Å². The summed E-state index contributed by atoms with van der Waals surface area (Å²) in [6, 6.07) is 4.69. The molecule has 100 valence electrons. The maximum Gasteiger partial charge on any atom is 0.230 e. The molecule has 0 radical (unpaired) electrons. The monoisotopic (exact) mass is 333 g/mol. The Labute approximate surface area is 120 Å². The van der Waals surface area contributed by atoms with Gasteiger partial charge >= 0.3 is 0 Å². The van der Waals surface area contributed by atoms with Gasteiger partial charge in [0.05, 0.1) is 5.75 Å². The van der Waals surface area contributed by atoms with Crippen molar-refractivity contribution in [2.75, 3.05) is 5.75 Å². The van der Waals surface area contributed by atoms with Crippen LogP contribution in [0, 0.1) is 5.82 Å². The van der Waals surface area contributed by atoms with Crippen LogP contribution in [-0.4, -0.2) is 16.4 Å². The second-order valence-electron chi connectivity index (χ2n) is 4.91. The summed E-state index contributed by atoms with van der Waals surface area (Å²) in [6.07, 6.45) is 0. The minimum atomic E-state index is -0.304. The number of carbonyl (C=O) groups excluding carboxylic acids is 1. The quantitative estimate of drug-likeness (QED) is 0.909. The van der Waals surface area contributed by atoms with E-state index >= 15 is 0 Å². The lowest BCUT2D eigenvalue weighted by Crippen LogP contribution is -2.27. The first kappa shape index (κ1) is 15.5. The third-order valence-corrected chi connectivity index (χ3v) is 3.89. The van der Waals surface area contributed by atoms with Crippen molar-refractivity contribution in [1.29, 1.82) is 0 Å². The molecule has 1 aromatic carbocycles. The van der Waals surface area contributed by atoms with Gasteiger partial charge < -0.3 is 5.32 Å². The molecule has 0 fully saturated rings. The maximum atomic E-state index is 13.4. The fourth-order valence-corrected chi connectivity index (χ4v) is 2.28. The van der Waals surface area contributed by atoms with Crippen LogP contribution in [0.3, 0.4) is 0 Å². The fourth-order valence-electron chi connectivity index (χ4n) is 1.21. The molecule has 0 aliphatic heterocycles. The molecule has 5 heteroatoms. The zero-order valence-electron chi connectivity index (χ0n) is 10.7. The van der Waals surface area contributed by atoms with Crippen LogP contribution in [0.5, 0.6) is 0 Å². The Kier molecular flexibility index (Phi) is 5.66. The highest BCUT2D eigenvalue weighted by molar-refractivity contribution is 9.10. The summed E-state index contributed by atoms with van der Waals surface area (Å²) in [5, 5.41) is 2.72.